The maximum absolute atomic E-state index is 13.1. The zero-order valence-electron chi connectivity index (χ0n) is 14.8. The third-order valence-electron chi connectivity index (χ3n) is 3.61. The molecule has 0 amide bonds. The molecule has 1 unspecified atom stereocenters. The summed E-state index contributed by atoms with van der Waals surface area (Å²) in [5.74, 6) is -1.50. The van der Waals surface area contributed by atoms with Gasteiger partial charge in [0.05, 0.1) is 29.5 Å². The zero-order chi connectivity index (χ0) is 19.2. The van der Waals surface area contributed by atoms with Gasteiger partial charge in [-0.1, -0.05) is 19.9 Å². The van der Waals surface area contributed by atoms with Gasteiger partial charge in [0.25, 0.3) is 5.69 Å². The second kappa shape index (κ2) is 9.09. The summed E-state index contributed by atoms with van der Waals surface area (Å²) in [4.78, 5) is 10.5. The fourth-order valence-corrected chi connectivity index (χ4v) is 4.14. The van der Waals surface area contributed by atoms with Gasteiger partial charge in [0.2, 0.25) is 0 Å². The molecule has 8 nitrogen and oxygen atoms in total. The van der Waals surface area contributed by atoms with Gasteiger partial charge in [-0.15, -0.1) is 0 Å². The maximum atomic E-state index is 13.1. The molecule has 0 saturated heterocycles. The average molecular weight is 382 g/mol. The first-order valence-electron chi connectivity index (χ1n) is 8.42. The van der Waals surface area contributed by atoms with Crippen LogP contribution in [0.1, 0.15) is 38.2 Å². The van der Waals surface area contributed by atoms with Crippen molar-refractivity contribution in [1.29, 1.82) is 0 Å². The molecule has 26 heavy (non-hydrogen) atoms. The molecule has 1 aromatic heterocycles. The van der Waals surface area contributed by atoms with Crippen LogP contribution in [-0.4, -0.2) is 27.8 Å². The average Bonchev–Trinajstić information content (AvgIpc) is 3.13. The highest BCUT2D eigenvalue weighted by molar-refractivity contribution is 7.54. The SMILES string of the molecule is CCCOP(=O)(OCCC)C(O)c1cccn1-c1cccc([N+](=O)[O-])c1. The normalized spacial score (nSPS) is 12.9. The lowest BCUT2D eigenvalue weighted by molar-refractivity contribution is -0.384. The minimum atomic E-state index is -3.81. The van der Waals surface area contributed by atoms with Gasteiger partial charge in [-0.2, -0.15) is 0 Å². The van der Waals surface area contributed by atoms with Gasteiger partial charge >= 0.3 is 7.60 Å². The topological polar surface area (TPSA) is 104 Å². The summed E-state index contributed by atoms with van der Waals surface area (Å²) in [5.41, 5.74) is 0.668. The Morgan fingerprint density at radius 3 is 2.42 bits per heavy atom. The standard InChI is InChI=1S/C17H23N2O6P/c1-3-11-24-26(23,25-12-4-2)17(20)16-9-6-10-18(16)14-7-5-8-15(13-14)19(21)22/h5-10,13,17,20H,3-4,11-12H2,1-2H3. The molecule has 0 spiro atoms. The number of non-ortho nitro benzene ring substituents is 1. The molecule has 2 rings (SSSR count). The zero-order valence-corrected chi connectivity index (χ0v) is 15.7. The molecule has 1 N–H and O–H groups in total. The van der Waals surface area contributed by atoms with E-state index in [9.17, 15) is 19.8 Å². The number of nitro benzene ring substituents is 1. The van der Waals surface area contributed by atoms with E-state index in [0.717, 1.165) is 0 Å². The van der Waals surface area contributed by atoms with E-state index < -0.39 is 18.4 Å². The summed E-state index contributed by atoms with van der Waals surface area (Å²) in [6.45, 7) is 4.11. The number of benzene rings is 1. The van der Waals surface area contributed by atoms with Crippen LogP contribution in [0, 0.1) is 10.1 Å². The molecule has 1 heterocycles. The lowest BCUT2D eigenvalue weighted by Gasteiger charge is -2.24. The van der Waals surface area contributed by atoms with E-state index in [4.69, 9.17) is 9.05 Å². The Morgan fingerprint density at radius 1 is 1.19 bits per heavy atom. The molecular weight excluding hydrogens is 359 g/mol. The number of hydrogen-bond donors (Lipinski definition) is 1. The van der Waals surface area contributed by atoms with Gasteiger partial charge in [0.15, 0.2) is 5.85 Å². The predicted octanol–water partition coefficient (Wildman–Crippen LogP) is 4.42. The molecular formula is C17H23N2O6P. The molecule has 9 heteroatoms. The quantitative estimate of drug-likeness (QED) is 0.370. The van der Waals surface area contributed by atoms with Gasteiger partial charge in [-0.25, -0.2) is 0 Å². The molecule has 0 radical (unpaired) electrons. The number of rotatable bonds is 10. The molecule has 0 aliphatic rings. The minimum absolute atomic E-state index is 0.0794. The van der Waals surface area contributed by atoms with Crippen LogP contribution < -0.4 is 0 Å². The van der Waals surface area contributed by atoms with Crippen LogP contribution in [0.3, 0.4) is 0 Å². The van der Waals surface area contributed by atoms with Crippen molar-refractivity contribution in [3.05, 3.63) is 58.4 Å². The van der Waals surface area contributed by atoms with Crippen LogP contribution in [0.2, 0.25) is 0 Å². The summed E-state index contributed by atoms with van der Waals surface area (Å²) in [5, 5.41) is 21.7. The summed E-state index contributed by atoms with van der Waals surface area (Å²) < 4.78 is 25.4. The van der Waals surface area contributed by atoms with Crippen LogP contribution >= 0.6 is 7.60 Å². The third kappa shape index (κ3) is 4.59. The molecule has 0 bridgehead atoms. The Morgan fingerprint density at radius 2 is 1.85 bits per heavy atom. The first-order chi connectivity index (χ1) is 12.4. The minimum Gasteiger partial charge on any atom is -0.375 e. The number of nitro groups is 1. The van der Waals surface area contributed by atoms with E-state index in [0.29, 0.717) is 18.5 Å². The van der Waals surface area contributed by atoms with Crippen molar-refractivity contribution in [3.63, 3.8) is 0 Å². The lowest BCUT2D eigenvalue weighted by Crippen LogP contribution is -2.11. The Labute approximate surface area is 152 Å². The Bertz CT molecular complexity index is 779. The number of aliphatic hydroxyl groups excluding tert-OH is 1. The van der Waals surface area contributed by atoms with Crippen LogP contribution in [0.4, 0.5) is 5.69 Å². The fraction of sp³-hybridized carbons (Fsp3) is 0.412. The van der Waals surface area contributed by atoms with Crippen molar-refractivity contribution in [3.8, 4) is 5.69 Å². The van der Waals surface area contributed by atoms with Crippen molar-refractivity contribution < 1.29 is 23.6 Å². The van der Waals surface area contributed by atoms with Gasteiger partial charge < -0.3 is 18.7 Å². The van der Waals surface area contributed by atoms with E-state index in [-0.39, 0.29) is 24.6 Å². The van der Waals surface area contributed by atoms with E-state index in [1.165, 1.54) is 16.7 Å². The van der Waals surface area contributed by atoms with Gasteiger partial charge in [0, 0.05) is 18.3 Å². The second-order valence-corrected chi connectivity index (χ2v) is 7.75. The first kappa shape index (κ1) is 20.3. The first-order valence-corrected chi connectivity index (χ1v) is 10.0. The number of nitrogens with zero attached hydrogens (tertiary/aromatic N) is 2. The van der Waals surface area contributed by atoms with Crippen molar-refractivity contribution in [2.75, 3.05) is 13.2 Å². The number of aromatic nitrogens is 1. The Hall–Kier alpha value is -1.99. The lowest BCUT2D eigenvalue weighted by atomic mass is 10.2. The monoisotopic (exact) mass is 382 g/mol. The van der Waals surface area contributed by atoms with E-state index in [1.54, 1.807) is 30.5 Å². The predicted molar refractivity (Wildman–Crippen MR) is 97.5 cm³/mol. The summed E-state index contributed by atoms with van der Waals surface area (Å²) in [6.07, 6.45) is 2.87. The summed E-state index contributed by atoms with van der Waals surface area (Å²) in [6, 6.07) is 9.20. The molecule has 142 valence electrons. The highest BCUT2D eigenvalue weighted by atomic mass is 31.2. The second-order valence-electron chi connectivity index (χ2n) is 5.66. The molecule has 0 fully saturated rings. The molecule has 1 aromatic carbocycles. The smallest absolute Gasteiger partial charge is 0.364 e. The van der Waals surface area contributed by atoms with Crippen molar-refractivity contribution in [2.24, 2.45) is 0 Å². The highest BCUT2D eigenvalue weighted by Crippen LogP contribution is 2.60. The van der Waals surface area contributed by atoms with Crippen LogP contribution in [-0.2, 0) is 13.6 Å². The van der Waals surface area contributed by atoms with Crippen molar-refractivity contribution in [2.45, 2.75) is 32.5 Å². The molecule has 2 aromatic rings. The van der Waals surface area contributed by atoms with Crippen LogP contribution in [0.25, 0.3) is 5.69 Å². The fourth-order valence-electron chi connectivity index (χ4n) is 2.37. The highest BCUT2D eigenvalue weighted by Gasteiger charge is 2.37. The van der Waals surface area contributed by atoms with Crippen molar-refractivity contribution in [1.82, 2.24) is 4.57 Å². The number of aliphatic hydroxyl groups is 1. The molecule has 1 atom stereocenters. The Kier molecular flexibility index (Phi) is 7.11. The molecule has 0 aliphatic heterocycles. The maximum Gasteiger partial charge on any atom is 0.364 e. The number of hydrogen-bond acceptors (Lipinski definition) is 6. The van der Waals surface area contributed by atoms with E-state index in [1.807, 2.05) is 13.8 Å². The van der Waals surface area contributed by atoms with Crippen LogP contribution in [0.5, 0.6) is 0 Å². The third-order valence-corrected chi connectivity index (χ3v) is 5.56. The summed E-state index contributed by atoms with van der Waals surface area (Å²) >= 11 is 0. The van der Waals surface area contributed by atoms with Crippen molar-refractivity contribution >= 4 is 13.3 Å². The van der Waals surface area contributed by atoms with Crippen LogP contribution in [0.15, 0.2) is 42.6 Å². The molecule has 0 saturated carbocycles. The van der Waals surface area contributed by atoms with Gasteiger partial charge in [-0.3, -0.25) is 14.7 Å². The Balaban J connectivity index is 2.39. The van der Waals surface area contributed by atoms with Gasteiger partial charge in [-0.05, 0) is 31.0 Å². The van der Waals surface area contributed by atoms with Gasteiger partial charge in [0.1, 0.15) is 0 Å². The van der Waals surface area contributed by atoms with E-state index >= 15 is 0 Å². The largest absolute Gasteiger partial charge is 0.375 e. The molecule has 0 aliphatic carbocycles. The summed E-state index contributed by atoms with van der Waals surface area (Å²) in [7, 11) is -3.81. The van der Waals surface area contributed by atoms with E-state index in [2.05, 4.69) is 0 Å².